The number of hydrogen-bond donors (Lipinski definition) is 0. The minimum atomic E-state index is -1.92. The summed E-state index contributed by atoms with van der Waals surface area (Å²) in [7, 11) is 0. The molecule has 0 aliphatic rings. The molecule has 0 nitrogen and oxygen atoms in total. The van der Waals surface area contributed by atoms with Crippen LogP contribution in [0.25, 0.3) is 29.3 Å². The Labute approximate surface area is 175 Å². The van der Waals surface area contributed by atoms with Gasteiger partial charge in [0.1, 0.15) is 0 Å². The summed E-state index contributed by atoms with van der Waals surface area (Å²) in [6, 6.07) is 0. The number of hydrogen-bond acceptors (Lipinski definition) is 4. The maximum Gasteiger partial charge on any atom is 0.216 e. The molecule has 4 rings (SSSR count). The summed E-state index contributed by atoms with van der Waals surface area (Å²) in [6.45, 7) is 0. The monoisotopic (exact) mass is 510 g/mol. The van der Waals surface area contributed by atoms with Crippen molar-refractivity contribution in [3.05, 3.63) is 56.8 Å². The summed E-state index contributed by atoms with van der Waals surface area (Å²) in [4.78, 5) is -5.54. The lowest BCUT2D eigenvalue weighted by Crippen LogP contribution is -1.84. The molecule has 0 bridgehead atoms. The van der Waals surface area contributed by atoms with E-state index in [9.17, 15) is 43.9 Å². The van der Waals surface area contributed by atoms with E-state index in [4.69, 9.17) is 0 Å². The summed E-state index contributed by atoms with van der Waals surface area (Å²) < 4.78 is 138. The lowest BCUT2D eigenvalue weighted by atomic mass is 10.3. The van der Waals surface area contributed by atoms with E-state index in [0.717, 1.165) is 0 Å². The molecule has 0 amide bonds. The van der Waals surface area contributed by atoms with E-state index < -0.39 is 86.1 Å². The SMILES string of the molecule is Fc1sc(-c2sc(-c3sc(-c4sc(F)c(F)c4F)c(F)c3F)c(F)c2F)c(F)c1F. The lowest BCUT2D eigenvalue weighted by Gasteiger charge is -1.92. The topological polar surface area (TPSA) is 0 Å². The quantitative estimate of drug-likeness (QED) is 0.243. The number of thiophene rings is 4. The van der Waals surface area contributed by atoms with Crippen LogP contribution in [0.15, 0.2) is 0 Å². The van der Waals surface area contributed by atoms with E-state index in [1.165, 1.54) is 0 Å². The van der Waals surface area contributed by atoms with Gasteiger partial charge in [0.25, 0.3) is 0 Å². The average molecular weight is 510 g/mol. The standard InChI is InChI=1S/C16F10S4/c17-1-3(19)11(13-5(21)7(23)15(25)29-13)27-9(1)10-2(18)4(20)12(28-10)14-6(22)8(24)16(26)30-14. The van der Waals surface area contributed by atoms with Crippen molar-refractivity contribution in [3.8, 4) is 29.3 Å². The van der Waals surface area contributed by atoms with Crippen LogP contribution in [0.3, 0.4) is 0 Å². The van der Waals surface area contributed by atoms with Crippen LogP contribution >= 0.6 is 45.3 Å². The van der Waals surface area contributed by atoms with E-state index >= 15 is 0 Å². The molecule has 4 aromatic heterocycles. The largest absolute Gasteiger partial charge is 0.216 e. The highest BCUT2D eigenvalue weighted by Gasteiger charge is 2.33. The molecule has 4 aromatic rings. The molecule has 14 heteroatoms. The maximum atomic E-state index is 14.4. The van der Waals surface area contributed by atoms with Crippen LogP contribution in [0, 0.1) is 56.8 Å². The molecule has 0 aliphatic heterocycles. The Bertz CT molecular complexity index is 1210. The summed E-state index contributed by atoms with van der Waals surface area (Å²) in [5.41, 5.74) is 0. The highest BCUT2D eigenvalue weighted by atomic mass is 32.1. The minimum absolute atomic E-state index is 0.0248. The summed E-state index contributed by atoms with van der Waals surface area (Å²) in [6.07, 6.45) is 0. The molecule has 0 radical (unpaired) electrons. The average Bonchev–Trinajstić information content (AvgIpc) is 3.34. The van der Waals surface area contributed by atoms with Gasteiger partial charge in [-0.2, -0.15) is 17.6 Å². The number of rotatable bonds is 3. The van der Waals surface area contributed by atoms with Crippen LogP contribution in [0.1, 0.15) is 0 Å². The van der Waals surface area contributed by atoms with E-state index in [-0.39, 0.29) is 45.3 Å². The first-order chi connectivity index (χ1) is 14.0. The van der Waals surface area contributed by atoms with Crippen molar-refractivity contribution in [3.63, 3.8) is 0 Å². The van der Waals surface area contributed by atoms with Gasteiger partial charge in [0.05, 0.1) is 29.3 Å². The molecule has 158 valence electrons. The van der Waals surface area contributed by atoms with Crippen molar-refractivity contribution in [2.24, 2.45) is 0 Å². The first-order valence-corrected chi connectivity index (χ1v) is 10.5. The van der Waals surface area contributed by atoms with E-state index in [1.54, 1.807) is 0 Å². The Kier molecular flexibility index (Phi) is 5.23. The molecule has 0 atom stereocenters. The Balaban J connectivity index is 1.90. The molecular formula is C16F10S4. The van der Waals surface area contributed by atoms with Crippen LogP contribution in [-0.4, -0.2) is 0 Å². The van der Waals surface area contributed by atoms with E-state index in [2.05, 4.69) is 0 Å². The van der Waals surface area contributed by atoms with E-state index in [1.807, 2.05) is 0 Å². The summed E-state index contributed by atoms with van der Waals surface area (Å²) >= 11 is -0.285. The van der Waals surface area contributed by atoms with Gasteiger partial charge in [-0.3, -0.25) is 0 Å². The predicted molar refractivity (Wildman–Crippen MR) is 93.8 cm³/mol. The van der Waals surface area contributed by atoms with Gasteiger partial charge in [0.2, 0.25) is 21.9 Å². The molecule has 0 N–H and O–H groups in total. The highest BCUT2D eigenvalue weighted by molar-refractivity contribution is 7.28. The predicted octanol–water partition coefficient (Wildman–Crippen LogP) is 8.32. The lowest BCUT2D eigenvalue weighted by molar-refractivity contribution is 0.468. The number of halogens is 10. The van der Waals surface area contributed by atoms with Crippen LogP contribution < -0.4 is 0 Å². The van der Waals surface area contributed by atoms with Gasteiger partial charge in [0, 0.05) is 0 Å². The molecule has 0 saturated heterocycles. The zero-order valence-electron chi connectivity index (χ0n) is 13.4. The van der Waals surface area contributed by atoms with Crippen molar-refractivity contribution < 1.29 is 43.9 Å². The van der Waals surface area contributed by atoms with Crippen molar-refractivity contribution in [2.75, 3.05) is 0 Å². The second kappa shape index (κ2) is 7.35. The van der Waals surface area contributed by atoms with Crippen LogP contribution in [0.5, 0.6) is 0 Å². The molecule has 0 spiro atoms. The molecule has 0 unspecified atom stereocenters. The van der Waals surface area contributed by atoms with Gasteiger partial charge in [0.15, 0.2) is 34.9 Å². The fourth-order valence-corrected chi connectivity index (χ4v) is 6.43. The second-order valence-corrected chi connectivity index (χ2v) is 9.43. The Morgan fingerprint density at radius 3 is 0.667 bits per heavy atom. The normalized spacial score (nSPS) is 11.7. The van der Waals surface area contributed by atoms with Crippen LogP contribution in [0.2, 0.25) is 0 Å². The fourth-order valence-electron chi connectivity index (χ4n) is 2.39. The molecule has 30 heavy (non-hydrogen) atoms. The third kappa shape index (κ3) is 2.99. The third-order valence-electron chi connectivity index (χ3n) is 3.72. The van der Waals surface area contributed by atoms with Gasteiger partial charge in [-0.25, -0.2) is 26.3 Å². The molecule has 0 saturated carbocycles. The van der Waals surface area contributed by atoms with E-state index in [0.29, 0.717) is 0 Å². The van der Waals surface area contributed by atoms with Crippen molar-refractivity contribution in [1.82, 2.24) is 0 Å². The molecule has 0 aliphatic carbocycles. The molecular weight excluding hydrogens is 510 g/mol. The van der Waals surface area contributed by atoms with Crippen molar-refractivity contribution >= 4 is 45.3 Å². The first-order valence-electron chi connectivity index (χ1n) is 7.27. The van der Waals surface area contributed by atoms with Gasteiger partial charge in [-0.1, -0.05) is 22.7 Å². The summed E-state index contributed by atoms with van der Waals surface area (Å²) in [5.74, 6) is -14.5. The minimum Gasteiger partial charge on any atom is -0.202 e. The maximum absolute atomic E-state index is 14.4. The summed E-state index contributed by atoms with van der Waals surface area (Å²) in [5, 5.41) is -3.27. The molecule has 0 fully saturated rings. The Morgan fingerprint density at radius 2 is 0.467 bits per heavy atom. The highest BCUT2D eigenvalue weighted by Crippen LogP contribution is 2.50. The molecule has 0 aromatic carbocycles. The van der Waals surface area contributed by atoms with Crippen LogP contribution in [0.4, 0.5) is 43.9 Å². The Hall–Kier alpha value is -1.90. The zero-order chi connectivity index (χ0) is 22.1. The van der Waals surface area contributed by atoms with Crippen LogP contribution in [-0.2, 0) is 0 Å². The van der Waals surface area contributed by atoms with Gasteiger partial charge < -0.3 is 0 Å². The van der Waals surface area contributed by atoms with Gasteiger partial charge in [-0.05, 0) is 0 Å². The van der Waals surface area contributed by atoms with Crippen molar-refractivity contribution in [2.45, 2.75) is 0 Å². The molecule has 4 heterocycles. The second-order valence-electron chi connectivity index (χ2n) is 5.44. The van der Waals surface area contributed by atoms with Gasteiger partial charge >= 0.3 is 0 Å². The third-order valence-corrected chi connectivity index (χ3v) is 8.35. The smallest absolute Gasteiger partial charge is 0.202 e. The zero-order valence-corrected chi connectivity index (χ0v) is 16.7. The fraction of sp³-hybridized carbons (Fsp3) is 0. The first kappa shape index (κ1) is 21.3. The Morgan fingerprint density at radius 1 is 0.267 bits per heavy atom. The van der Waals surface area contributed by atoms with Crippen molar-refractivity contribution in [1.29, 1.82) is 0 Å². The van der Waals surface area contributed by atoms with Gasteiger partial charge in [-0.15, -0.1) is 22.7 Å².